The molecule has 27 heavy (non-hydrogen) atoms. The van der Waals surface area contributed by atoms with Gasteiger partial charge in [0.2, 0.25) is 5.91 Å². The zero-order chi connectivity index (χ0) is 20.2. The molecule has 0 radical (unpaired) electrons. The van der Waals surface area contributed by atoms with Gasteiger partial charge in [0.1, 0.15) is 6.04 Å². The predicted molar refractivity (Wildman–Crippen MR) is 91.5 cm³/mol. The summed E-state index contributed by atoms with van der Waals surface area (Å²) in [5, 5.41) is 4.51. The first-order chi connectivity index (χ1) is 12.7. The summed E-state index contributed by atoms with van der Waals surface area (Å²) in [7, 11) is 0. The van der Waals surface area contributed by atoms with Crippen molar-refractivity contribution in [2.45, 2.75) is 58.4 Å². The third-order valence-electron chi connectivity index (χ3n) is 4.26. The fourth-order valence-electron chi connectivity index (χ4n) is 3.05. The lowest BCUT2D eigenvalue weighted by Crippen LogP contribution is -2.32. The van der Waals surface area contributed by atoms with Crippen LogP contribution in [-0.2, 0) is 29.1 Å². The van der Waals surface area contributed by atoms with Crippen molar-refractivity contribution in [2.75, 3.05) is 0 Å². The van der Waals surface area contributed by atoms with Crippen molar-refractivity contribution in [3.8, 4) is 0 Å². The molecule has 1 unspecified atom stereocenters. The number of alkyl halides is 3. The summed E-state index contributed by atoms with van der Waals surface area (Å²) in [6.07, 6.45) is -5.01. The molecule has 0 saturated carbocycles. The molecule has 0 spiro atoms. The van der Waals surface area contributed by atoms with Crippen molar-refractivity contribution in [1.29, 1.82) is 0 Å². The molecule has 1 aromatic carbocycles. The number of urea groups is 1. The fourth-order valence-corrected chi connectivity index (χ4v) is 3.05. The van der Waals surface area contributed by atoms with E-state index in [1.54, 1.807) is 6.07 Å². The highest BCUT2D eigenvalue weighted by atomic mass is 19.4. The van der Waals surface area contributed by atoms with E-state index in [4.69, 9.17) is 0 Å². The summed E-state index contributed by atoms with van der Waals surface area (Å²) in [5.74, 6) is -0.665. The Hall–Kier alpha value is -2.58. The maximum atomic E-state index is 12.5. The second kappa shape index (κ2) is 8.41. The quantitative estimate of drug-likeness (QED) is 0.782. The number of benzene rings is 1. The second-order valence-electron chi connectivity index (χ2n) is 6.20. The molecule has 1 aromatic rings. The molecule has 0 bridgehead atoms. The van der Waals surface area contributed by atoms with Gasteiger partial charge in [0.25, 0.3) is 5.91 Å². The topological polar surface area (TPSA) is 78.5 Å². The van der Waals surface area contributed by atoms with Crippen LogP contribution in [0.4, 0.5) is 18.0 Å². The van der Waals surface area contributed by atoms with Gasteiger partial charge in [-0.3, -0.25) is 14.9 Å². The molecule has 2 heterocycles. The maximum absolute atomic E-state index is 12.5. The van der Waals surface area contributed by atoms with E-state index >= 15 is 0 Å². The van der Waals surface area contributed by atoms with Gasteiger partial charge < -0.3 is 10.2 Å². The van der Waals surface area contributed by atoms with Crippen molar-refractivity contribution in [2.24, 2.45) is 0 Å². The van der Waals surface area contributed by atoms with Crippen LogP contribution in [-0.4, -0.2) is 35.0 Å². The molecule has 1 atom stereocenters. The predicted octanol–water partition coefficient (Wildman–Crippen LogP) is 2.65. The van der Waals surface area contributed by atoms with E-state index in [9.17, 15) is 27.6 Å². The van der Waals surface area contributed by atoms with Crippen LogP contribution in [0.15, 0.2) is 18.2 Å². The smallest absolute Gasteiger partial charge is 0.334 e. The molecule has 4 amide bonds. The molecule has 3 rings (SSSR count). The number of carbonyl (C=O) groups is 3. The molecule has 6 nitrogen and oxygen atoms in total. The lowest BCUT2D eigenvalue weighted by molar-refractivity contribution is -0.132. The van der Waals surface area contributed by atoms with E-state index in [-0.39, 0.29) is 30.9 Å². The molecule has 2 aliphatic heterocycles. The van der Waals surface area contributed by atoms with E-state index < -0.39 is 30.6 Å². The number of hydrogen-bond acceptors (Lipinski definition) is 3. The van der Waals surface area contributed by atoms with Crippen LogP contribution >= 0.6 is 0 Å². The standard InChI is InChI=1S/C16H16F3N3O3.C2H6/c17-16(18,19)6-9-1-2-10-7-22(8-11(10)5-9)13(23)4-3-12-14(24)21-15(25)20-12;1-2/h1-2,5,12H,3-4,6-8H2,(H2,20,21,24,25);1-2H3. The average Bonchev–Trinajstić information content (AvgIpc) is 3.15. The second-order valence-corrected chi connectivity index (χ2v) is 6.20. The largest absolute Gasteiger partial charge is 0.393 e. The summed E-state index contributed by atoms with van der Waals surface area (Å²) in [6, 6.07) is 3.24. The monoisotopic (exact) mass is 385 g/mol. The van der Waals surface area contributed by atoms with Gasteiger partial charge in [-0.25, -0.2) is 4.79 Å². The zero-order valence-electron chi connectivity index (χ0n) is 15.2. The molecule has 9 heteroatoms. The molecule has 2 aliphatic rings. The summed E-state index contributed by atoms with van der Waals surface area (Å²) < 4.78 is 37.4. The number of carbonyl (C=O) groups excluding carboxylic acids is 3. The van der Waals surface area contributed by atoms with Gasteiger partial charge in [0.05, 0.1) is 6.42 Å². The Morgan fingerprint density at radius 3 is 2.44 bits per heavy atom. The Labute approximate surface area is 155 Å². The highest BCUT2D eigenvalue weighted by molar-refractivity contribution is 6.04. The Kier molecular flexibility index (Phi) is 6.45. The Morgan fingerprint density at radius 2 is 1.85 bits per heavy atom. The van der Waals surface area contributed by atoms with Crippen molar-refractivity contribution < 1.29 is 27.6 Å². The summed E-state index contributed by atoms with van der Waals surface area (Å²) in [5.41, 5.74) is 1.71. The van der Waals surface area contributed by atoms with Crippen LogP contribution in [0.5, 0.6) is 0 Å². The number of hydrogen-bond donors (Lipinski definition) is 2. The van der Waals surface area contributed by atoms with Crippen molar-refractivity contribution in [3.63, 3.8) is 0 Å². The first kappa shape index (κ1) is 20.7. The lowest BCUT2D eigenvalue weighted by Gasteiger charge is -2.16. The molecule has 0 aliphatic carbocycles. The van der Waals surface area contributed by atoms with Crippen LogP contribution < -0.4 is 10.6 Å². The van der Waals surface area contributed by atoms with Crippen LogP contribution in [0, 0.1) is 0 Å². The number of rotatable bonds is 4. The number of nitrogens with one attached hydrogen (secondary N) is 2. The number of nitrogens with zero attached hydrogens (tertiary/aromatic N) is 1. The Morgan fingerprint density at radius 1 is 1.19 bits per heavy atom. The normalized spacial score (nSPS) is 18.4. The lowest BCUT2D eigenvalue weighted by atomic mass is 10.0. The number of imide groups is 1. The van der Waals surface area contributed by atoms with Crippen LogP contribution in [0.3, 0.4) is 0 Å². The summed E-state index contributed by atoms with van der Waals surface area (Å²) in [6.45, 7) is 4.59. The number of fused-ring (bicyclic) bond motifs is 1. The first-order valence-corrected chi connectivity index (χ1v) is 8.78. The van der Waals surface area contributed by atoms with Gasteiger partial charge in [-0.05, 0) is 23.1 Å². The van der Waals surface area contributed by atoms with Gasteiger partial charge in [0, 0.05) is 19.5 Å². The number of amides is 4. The molecule has 148 valence electrons. The Balaban J connectivity index is 0.00000126. The third kappa shape index (κ3) is 5.45. The molecular formula is C18H22F3N3O3. The van der Waals surface area contributed by atoms with Crippen LogP contribution in [0.2, 0.25) is 0 Å². The first-order valence-electron chi connectivity index (χ1n) is 8.78. The minimum Gasteiger partial charge on any atom is -0.334 e. The third-order valence-corrected chi connectivity index (χ3v) is 4.26. The van der Waals surface area contributed by atoms with Gasteiger partial charge in [-0.2, -0.15) is 13.2 Å². The van der Waals surface area contributed by atoms with E-state index in [1.807, 2.05) is 13.8 Å². The van der Waals surface area contributed by atoms with Gasteiger partial charge >= 0.3 is 12.2 Å². The SMILES string of the molecule is CC.O=C1NC(=O)C(CCC(=O)N2Cc3ccc(CC(F)(F)F)cc3C2)N1. The highest BCUT2D eigenvalue weighted by Crippen LogP contribution is 2.28. The Bertz CT molecular complexity index is 734. The van der Waals surface area contributed by atoms with Crippen molar-refractivity contribution in [3.05, 3.63) is 34.9 Å². The van der Waals surface area contributed by atoms with Crippen molar-refractivity contribution >= 4 is 17.8 Å². The van der Waals surface area contributed by atoms with Crippen LogP contribution in [0.25, 0.3) is 0 Å². The molecule has 2 N–H and O–H groups in total. The van der Waals surface area contributed by atoms with E-state index in [2.05, 4.69) is 10.6 Å². The summed E-state index contributed by atoms with van der Waals surface area (Å²) >= 11 is 0. The van der Waals surface area contributed by atoms with Gasteiger partial charge in [-0.1, -0.05) is 32.0 Å². The van der Waals surface area contributed by atoms with Gasteiger partial charge in [0.15, 0.2) is 0 Å². The summed E-state index contributed by atoms with van der Waals surface area (Å²) in [4.78, 5) is 36.3. The molecular weight excluding hydrogens is 363 g/mol. The molecule has 1 saturated heterocycles. The van der Waals surface area contributed by atoms with Gasteiger partial charge in [-0.15, -0.1) is 0 Å². The molecule has 0 aromatic heterocycles. The fraction of sp³-hybridized carbons (Fsp3) is 0.500. The maximum Gasteiger partial charge on any atom is 0.393 e. The highest BCUT2D eigenvalue weighted by Gasteiger charge is 2.32. The van der Waals surface area contributed by atoms with Crippen molar-refractivity contribution in [1.82, 2.24) is 15.5 Å². The minimum atomic E-state index is -4.27. The number of halogens is 3. The van der Waals surface area contributed by atoms with Crippen LogP contribution in [0.1, 0.15) is 43.4 Å². The van der Waals surface area contributed by atoms with E-state index in [0.717, 1.165) is 5.56 Å². The molecule has 1 fully saturated rings. The van der Waals surface area contributed by atoms with E-state index in [0.29, 0.717) is 12.1 Å². The average molecular weight is 385 g/mol. The minimum absolute atomic E-state index is 0.0712. The van der Waals surface area contributed by atoms with E-state index in [1.165, 1.54) is 17.0 Å². The zero-order valence-corrected chi connectivity index (χ0v) is 15.2.